The molecule has 2 aromatic heterocycles. The summed E-state index contributed by atoms with van der Waals surface area (Å²) in [5.74, 6) is 1.25. The van der Waals surface area contributed by atoms with E-state index >= 15 is 0 Å². The molecule has 1 aromatic carbocycles. The molecular formula is C21H21FN2OS. The largest absolute Gasteiger partial charge is 0.348 e. The summed E-state index contributed by atoms with van der Waals surface area (Å²) in [7, 11) is 0. The fourth-order valence-electron chi connectivity index (χ4n) is 4.76. The van der Waals surface area contributed by atoms with Crippen molar-refractivity contribution in [2.24, 2.45) is 11.8 Å². The van der Waals surface area contributed by atoms with Gasteiger partial charge in [0.2, 0.25) is 0 Å². The molecule has 0 aliphatic heterocycles. The third-order valence-electron chi connectivity index (χ3n) is 6.04. The van der Waals surface area contributed by atoms with E-state index < -0.39 is 0 Å². The number of carbonyl (C=O) groups excluding carboxylic acids is 1. The lowest BCUT2D eigenvalue weighted by atomic mass is 9.95. The summed E-state index contributed by atoms with van der Waals surface area (Å²) in [4.78, 5) is 14.1. The number of amides is 1. The van der Waals surface area contributed by atoms with Crippen LogP contribution in [0, 0.1) is 17.7 Å². The van der Waals surface area contributed by atoms with E-state index in [4.69, 9.17) is 0 Å². The molecule has 2 bridgehead atoms. The first-order valence-electron chi connectivity index (χ1n) is 9.29. The summed E-state index contributed by atoms with van der Waals surface area (Å²) in [6, 6.07) is 10.9. The lowest BCUT2D eigenvalue weighted by molar-refractivity contribution is 0.0914. The van der Waals surface area contributed by atoms with Gasteiger partial charge in [-0.2, -0.15) is 0 Å². The molecule has 2 aliphatic rings. The zero-order valence-corrected chi connectivity index (χ0v) is 15.3. The number of nitrogens with one attached hydrogen (secondary N) is 1. The highest BCUT2D eigenvalue weighted by Crippen LogP contribution is 2.44. The van der Waals surface area contributed by atoms with Crippen molar-refractivity contribution in [2.45, 2.75) is 38.3 Å². The Labute approximate surface area is 155 Å². The van der Waals surface area contributed by atoms with Crippen molar-refractivity contribution in [1.82, 2.24) is 9.88 Å². The Morgan fingerprint density at radius 1 is 1.19 bits per heavy atom. The van der Waals surface area contributed by atoms with Gasteiger partial charge in [-0.15, -0.1) is 11.3 Å². The number of benzene rings is 1. The van der Waals surface area contributed by atoms with Gasteiger partial charge in [0.1, 0.15) is 16.3 Å². The summed E-state index contributed by atoms with van der Waals surface area (Å²) in [6.45, 7) is 0.573. The van der Waals surface area contributed by atoms with Crippen LogP contribution in [0.4, 0.5) is 4.39 Å². The lowest BCUT2D eigenvalue weighted by Gasteiger charge is -2.23. The Hall–Kier alpha value is -2.14. The van der Waals surface area contributed by atoms with Gasteiger partial charge >= 0.3 is 0 Å². The van der Waals surface area contributed by atoms with Crippen LogP contribution in [0.3, 0.4) is 0 Å². The third-order valence-corrected chi connectivity index (χ3v) is 7.00. The minimum absolute atomic E-state index is 0.0214. The van der Waals surface area contributed by atoms with E-state index in [2.05, 4.69) is 16.0 Å². The van der Waals surface area contributed by atoms with Crippen LogP contribution < -0.4 is 5.32 Å². The fourth-order valence-corrected chi connectivity index (χ4v) is 5.65. The molecule has 2 heterocycles. The summed E-state index contributed by atoms with van der Waals surface area (Å²) < 4.78 is 15.3. The van der Waals surface area contributed by atoms with Gasteiger partial charge in [-0.1, -0.05) is 18.6 Å². The van der Waals surface area contributed by atoms with Crippen LogP contribution in [-0.2, 0) is 6.54 Å². The fraction of sp³-hybridized carbons (Fsp3) is 0.381. The lowest BCUT2D eigenvalue weighted by Crippen LogP contribution is -2.39. The van der Waals surface area contributed by atoms with Crippen LogP contribution in [0.5, 0.6) is 0 Å². The smallest absolute Gasteiger partial charge is 0.268 e. The van der Waals surface area contributed by atoms with Crippen molar-refractivity contribution in [3.05, 3.63) is 58.9 Å². The average molecular weight is 368 g/mol. The van der Waals surface area contributed by atoms with Crippen LogP contribution in [0.1, 0.15) is 41.7 Å². The summed E-state index contributed by atoms with van der Waals surface area (Å²) in [5, 5.41) is 6.44. The van der Waals surface area contributed by atoms with E-state index in [1.54, 1.807) is 23.5 Å². The number of hydrogen-bond donors (Lipinski definition) is 1. The topological polar surface area (TPSA) is 34.0 Å². The second-order valence-corrected chi connectivity index (χ2v) is 8.57. The van der Waals surface area contributed by atoms with Crippen LogP contribution in [-0.4, -0.2) is 16.5 Å². The highest BCUT2D eigenvalue weighted by atomic mass is 32.1. The summed E-state index contributed by atoms with van der Waals surface area (Å²) >= 11 is 1.64. The summed E-state index contributed by atoms with van der Waals surface area (Å²) in [6.07, 6.45) is 4.98. The number of halogens is 1. The zero-order valence-electron chi connectivity index (χ0n) is 14.5. The van der Waals surface area contributed by atoms with E-state index in [0.29, 0.717) is 24.2 Å². The molecule has 2 aliphatic carbocycles. The Bertz CT molecular complexity index is 958. The molecule has 5 heteroatoms. The van der Waals surface area contributed by atoms with Crippen molar-refractivity contribution >= 4 is 27.5 Å². The van der Waals surface area contributed by atoms with Gasteiger partial charge in [-0.3, -0.25) is 4.79 Å². The first-order chi connectivity index (χ1) is 12.7. The number of fused-ring (bicyclic) bond motifs is 3. The zero-order chi connectivity index (χ0) is 17.7. The summed E-state index contributed by atoms with van der Waals surface area (Å²) in [5.41, 5.74) is 1.70. The van der Waals surface area contributed by atoms with Crippen molar-refractivity contribution in [3.63, 3.8) is 0 Å². The van der Waals surface area contributed by atoms with Gasteiger partial charge in [0.05, 0.1) is 0 Å². The first kappa shape index (κ1) is 16.1. The second kappa shape index (κ2) is 6.23. The van der Waals surface area contributed by atoms with Crippen molar-refractivity contribution in [1.29, 1.82) is 0 Å². The minimum atomic E-state index is -0.239. The van der Waals surface area contributed by atoms with Crippen molar-refractivity contribution < 1.29 is 9.18 Å². The molecule has 2 fully saturated rings. The molecule has 134 valence electrons. The SMILES string of the molecule is O=C(N[C@@H]1C[C@H]2CC[C@@H]1C2)c1cc2ccsc2n1Cc1ccc(F)cc1. The predicted molar refractivity (Wildman–Crippen MR) is 102 cm³/mol. The van der Waals surface area contributed by atoms with Gasteiger partial charge in [0.15, 0.2) is 0 Å². The molecule has 3 nitrogen and oxygen atoms in total. The van der Waals surface area contributed by atoms with Crippen LogP contribution in [0.25, 0.3) is 10.2 Å². The molecule has 3 atom stereocenters. The predicted octanol–water partition coefficient (Wildman–Crippen LogP) is 4.81. The van der Waals surface area contributed by atoms with Gasteiger partial charge in [0.25, 0.3) is 5.91 Å². The van der Waals surface area contributed by atoms with Crippen LogP contribution in [0.15, 0.2) is 41.8 Å². The monoisotopic (exact) mass is 368 g/mol. The Balaban J connectivity index is 1.44. The molecule has 0 radical (unpaired) electrons. The molecule has 26 heavy (non-hydrogen) atoms. The highest BCUT2D eigenvalue weighted by molar-refractivity contribution is 7.16. The number of nitrogens with zero attached hydrogens (tertiary/aromatic N) is 1. The maximum absolute atomic E-state index is 13.2. The van der Waals surface area contributed by atoms with E-state index in [1.165, 1.54) is 31.4 Å². The van der Waals surface area contributed by atoms with Gasteiger partial charge in [0, 0.05) is 18.0 Å². The standard InChI is InChI=1S/C21H21FN2OS/c22-17-5-2-13(3-6-17)12-24-19(11-16-7-8-26-21(16)24)20(25)23-18-10-14-1-4-15(18)9-14/h2-3,5-8,11,14-15,18H,1,4,9-10,12H2,(H,23,25)/t14-,15+,18+/m0/s1. The molecule has 0 unspecified atom stereocenters. The maximum Gasteiger partial charge on any atom is 0.268 e. The molecule has 3 aromatic rings. The number of carbonyl (C=O) groups is 1. The molecule has 0 spiro atoms. The van der Waals surface area contributed by atoms with Crippen LogP contribution >= 0.6 is 11.3 Å². The second-order valence-electron chi connectivity index (χ2n) is 7.68. The average Bonchev–Trinajstić information content (AvgIpc) is 3.39. The van der Waals surface area contributed by atoms with Crippen molar-refractivity contribution in [3.8, 4) is 0 Å². The number of aromatic nitrogens is 1. The third kappa shape index (κ3) is 2.75. The normalized spacial score (nSPS) is 24.4. The maximum atomic E-state index is 13.2. The van der Waals surface area contributed by atoms with E-state index in [0.717, 1.165) is 28.1 Å². The molecular weight excluding hydrogens is 347 g/mol. The van der Waals surface area contributed by atoms with Gasteiger partial charge in [-0.25, -0.2) is 4.39 Å². The van der Waals surface area contributed by atoms with E-state index in [9.17, 15) is 9.18 Å². The Morgan fingerprint density at radius 3 is 2.77 bits per heavy atom. The van der Waals surface area contributed by atoms with E-state index in [1.807, 2.05) is 11.4 Å². The molecule has 1 N–H and O–H groups in total. The Morgan fingerprint density at radius 2 is 2.04 bits per heavy atom. The number of thiophene rings is 1. The molecule has 0 saturated heterocycles. The molecule has 1 amide bonds. The number of hydrogen-bond acceptors (Lipinski definition) is 2. The minimum Gasteiger partial charge on any atom is -0.348 e. The van der Waals surface area contributed by atoms with Gasteiger partial charge < -0.3 is 9.88 Å². The molecule has 2 saturated carbocycles. The van der Waals surface area contributed by atoms with Gasteiger partial charge in [-0.05, 0) is 66.3 Å². The van der Waals surface area contributed by atoms with Crippen molar-refractivity contribution in [2.75, 3.05) is 0 Å². The van der Waals surface area contributed by atoms with Crippen LogP contribution in [0.2, 0.25) is 0 Å². The highest BCUT2D eigenvalue weighted by Gasteiger charge is 2.40. The molecule has 5 rings (SSSR count). The Kier molecular flexibility index (Phi) is 3.85. The van der Waals surface area contributed by atoms with E-state index in [-0.39, 0.29) is 11.7 Å². The first-order valence-corrected chi connectivity index (χ1v) is 10.2. The quantitative estimate of drug-likeness (QED) is 0.705. The number of rotatable bonds is 4.